The van der Waals surface area contributed by atoms with Crippen LogP contribution in [0.2, 0.25) is 0 Å². The van der Waals surface area contributed by atoms with E-state index in [9.17, 15) is 4.79 Å². The highest BCUT2D eigenvalue weighted by Gasteiger charge is 2.07. The van der Waals surface area contributed by atoms with Crippen LogP contribution in [0.25, 0.3) is 0 Å². The maximum absolute atomic E-state index is 11.2. The fourth-order valence-electron chi connectivity index (χ4n) is 1.59. The van der Waals surface area contributed by atoms with Gasteiger partial charge in [0.1, 0.15) is 5.38 Å². The number of aryl methyl sites for hydroxylation is 2. The van der Waals surface area contributed by atoms with Gasteiger partial charge in [-0.25, -0.2) is 0 Å². The van der Waals surface area contributed by atoms with Crippen molar-refractivity contribution < 1.29 is 4.79 Å². The summed E-state index contributed by atoms with van der Waals surface area (Å²) < 4.78 is 0. The van der Waals surface area contributed by atoms with Gasteiger partial charge in [-0.3, -0.25) is 4.79 Å². The molecule has 1 aromatic carbocycles. The van der Waals surface area contributed by atoms with Gasteiger partial charge in [0.25, 0.3) is 0 Å². The van der Waals surface area contributed by atoms with E-state index in [0.29, 0.717) is 6.54 Å². The van der Waals surface area contributed by atoms with Gasteiger partial charge < -0.3 is 5.32 Å². The van der Waals surface area contributed by atoms with Gasteiger partial charge in [-0.1, -0.05) is 23.8 Å². The predicted octanol–water partition coefficient (Wildman–Crippen LogP) is 2.59. The third-order valence-corrected chi connectivity index (χ3v) is 2.75. The largest absolute Gasteiger partial charge is 0.354 e. The van der Waals surface area contributed by atoms with Gasteiger partial charge >= 0.3 is 0 Å². The number of carbonyl (C=O) groups excluding carboxylic acids is 1. The third kappa shape index (κ3) is 3.86. The second kappa shape index (κ2) is 5.90. The molecule has 0 heterocycles. The number of nitrogens with one attached hydrogen (secondary N) is 1. The third-order valence-electron chi connectivity index (χ3n) is 2.55. The van der Waals surface area contributed by atoms with E-state index in [-0.39, 0.29) is 5.91 Å². The van der Waals surface area contributed by atoms with E-state index in [1.807, 2.05) is 0 Å². The molecule has 16 heavy (non-hydrogen) atoms. The first-order valence-corrected chi connectivity index (χ1v) is 5.92. The van der Waals surface area contributed by atoms with Crippen molar-refractivity contribution in [2.45, 2.75) is 32.6 Å². The van der Waals surface area contributed by atoms with Crippen LogP contribution >= 0.6 is 11.6 Å². The Hall–Kier alpha value is -1.02. The zero-order valence-corrected chi connectivity index (χ0v) is 10.8. The molecular weight excluding hydrogens is 222 g/mol. The Balaban J connectivity index is 2.46. The quantitative estimate of drug-likeness (QED) is 0.804. The minimum Gasteiger partial charge on any atom is -0.354 e. The second-order valence-corrected chi connectivity index (χ2v) is 4.74. The van der Waals surface area contributed by atoms with Crippen LogP contribution in [0.1, 0.15) is 23.6 Å². The number of amides is 1. The lowest BCUT2D eigenvalue weighted by molar-refractivity contribution is -0.120. The summed E-state index contributed by atoms with van der Waals surface area (Å²) in [5.41, 5.74) is 3.81. The highest BCUT2D eigenvalue weighted by molar-refractivity contribution is 6.30. The standard InChI is InChI=1S/C13H18ClNO/c1-9-4-5-12(10(2)8-9)6-7-15-13(16)11(3)14/h4-5,8,11H,6-7H2,1-3H3,(H,15,16). The average Bonchev–Trinajstić information content (AvgIpc) is 2.20. The summed E-state index contributed by atoms with van der Waals surface area (Å²) in [4.78, 5) is 11.2. The van der Waals surface area contributed by atoms with Crippen LogP contribution in [0.5, 0.6) is 0 Å². The number of hydrogen-bond donors (Lipinski definition) is 1. The molecule has 1 N–H and O–H groups in total. The van der Waals surface area contributed by atoms with Crippen LogP contribution in [-0.4, -0.2) is 17.8 Å². The fourth-order valence-corrected chi connectivity index (χ4v) is 1.66. The minimum atomic E-state index is -0.459. The highest BCUT2D eigenvalue weighted by atomic mass is 35.5. The van der Waals surface area contributed by atoms with Crippen molar-refractivity contribution in [1.29, 1.82) is 0 Å². The molecular formula is C13H18ClNO. The Kier molecular flexibility index (Phi) is 4.81. The molecule has 1 amide bonds. The van der Waals surface area contributed by atoms with Crippen molar-refractivity contribution >= 4 is 17.5 Å². The topological polar surface area (TPSA) is 29.1 Å². The van der Waals surface area contributed by atoms with Crippen molar-refractivity contribution in [3.05, 3.63) is 34.9 Å². The van der Waals surface area contributed by atoms with Crippen LogP contribution in [0.3, 0.4) is 0 Å². The van der Waals surface area contributed by atoms with E-state index in [0.717, 1.165) is 6.42 Å². The van der Waals surface area contributed by atoms with Crippen molar-refractivity contribution in [1.82, 2.24) is 5.32 Å². The Bertz CT molecular complexity index is 374. The Morgan fingerprint density at radius 1 is 1.44 bits per heavy atom. The SMILES string of the molecule is Cc1ccc(CCNC(=O)C(C)Cl)c(C)c1. The maximum atomic E-state index is 11.2. The van der Waals surface area contributed by atoms with Crippen molar-refractivity contribution in [2.24, 2.45) is 0 Å². The molecule has 0 saturated heterocycles. The number of rotatable bonds is 4. The van der Waals surface area contributed by atoms with Gasteiger partial charge in [0.05, 0.1) is 0 Å². The molecule has 1 atom stereocenters. The summed E-state index contributed by atoms with van der Waals surface area (Å²) in [5, 5.41) is 2.34. The Labute approximate surface area is 102 Å². The maximum Gasteiger partial charge on any atom is 0.237 e. The number of carbonyl (C=O) groups is 1. The Morgan fingerprint density at radius 2 is 2.12 bits per heavy atom. The zero-order chi connectivity index (χ0) is 12.1. The molecule has 0 bridgehead atoms. The zero-order valence-electron chi connectivity index (χ0n) is 10.0. The van der Waals surface area contributed by atoms with E-state index in [4.69, 9.17) is 11.6 Å². The smallest absolute Gasteiger partial charge is 0.237 e. The molecule has 0 aliphatic carbocycles. The Morgan fingerprint density at radius 3 is 2.69 bits per heavy atom. The lowest BCUT2D eigenvalue weighted by atomic mass is 10.0. The molecule has 0 aliphatic rings. The molecule has 0 radical (unpaired) electrons. The van der Waals surface area contributed by atoms with Gasteiger partial charge in [0.15, 0.2) is 0 Å². The van der Waals surface area contributed by atoms with Crippen LogP contribution in [0.4, 0.5) is 0 Å². The minimum absolute atomic E-state index is 0.105. The summed E-state index contributed by atoms with van der Waals surface area (Å²) in [5.74, 6) is -0.105. The number of alkyl halides is 1. The molecule has 3 heteroatoms. The molecule has 88 valence electrons. The lowest BCUT2D eigenvalue weighted by Crippen LogP contribution is -2.31. The molecule has 0 aromatic heterocycles. The van der Waals surface area contributed by atoms with E-state index in [1.54, 1.807) is 6.92 Å². The van der Waals surface area contributed by atoms with Gasteiger partial charge in [0, 0.05) is 6.54 Å². The van der Waals surface area contributed by atoms with Crippen molar-refractivity contribution in [2.75, 3.05) is 6.54 Å². The monoisotopic (exact) mass is 239 g/mol. The number of hydrogen-bond acceptors (Lipinski definition) is 1. The molecule has 0 aliphatic heterocycles. The van der Waals surface area contributed by atoms with Crippen molar-refractivity contribution in [3.8, 4) is 0 Å². The first-order chi connectivity index (χ1) is 7.50. The van der Waals surface area contributed by atoms with Crippen LogP contribution < -0.4 is 5.32 Å². The summed E-state index contributed by atoms with van der Waals surface area (Å²) in [7, 11) is 0. The van der Waals surface area contributed by atoms with Gasteiger partial charge in [-0.2, -0.15) is 0 Å². The van der Waals surface area contributed by atoms with Gasteiger partial charge in [-0.15, -0.1) is 11.6 Å². The van der Waals surface area contributed by atoms with E-state index >= 15 is 0 Å². The summed E-state index contributed by atoms with van der Waals surface area (Å²) in [6, 6.07) is 6.36. The molecule has 2 nitrogen and oxygen atoms in total. The number of benzene rings is 1. The van der Waals surface area contributed by atoms with E-state index in [2.05, 4.69) is 37.4 Å². The van der Waals surface area contributed by atoms with Crippen LogP contribution in [-0.2, 0) is 11.2 Å². The summed E-state index contributed by atoms with van der Waals surface area (Å²) >= 11 is 5.65. The van der Waals surface area contributed by atoms with Crippen LogP contribution in [0.15, 0.2) is 18.2 Å². The van der Waals surface area contributed by atoms with E-state index in [1.165, 1.54) is 16.7 Å². The van der Waals surface area contributed by atoms with Crippen molar-refractivity contribution in [3.63, 3.8) is 0 Å². The molecule has 1 aromatic rings. The van der Waals surface area contributed by atoms with Crippen LogP contribution in [0, 0.1) is 13.8 Å². The molecule has 0 spiro atoms. The number of halogens is 1. The predicted molar refractivity (Wildman–Crippen MR) is 67.9 cm³/mol. The first kappa shape index (κ1) is 13.0. The molecule has 0 saturated carbocycles. The summed E-state index contributed by atoms with van der Waals surface area (Å²) in [6.07, 6.45) is 0.849. The first-order valence-electron chi connectivity index (χ1n) is 5.48. The normalized spacial score (nSPS) is 12.2. The average molecular weight is 240 g/mol. The van der Waals surface area contributed by atoms with Gasteiger partial charge in [0.2, 0.25) is 5.91 Å². The second-order valence-electron chi connectivity index (χ2n) is 4.09. The van der Waals surface area contributed by atoms with E-state index < -0.39 is 5.38 Å². The van der Waals surface area contributed by atoms with Gasteiger partial charge in [-0.05, 0) is 38.3 Å². The lowest BCUT2D eigenvalue weighted by Gasteiger charge is -2.09. The summed E-state index contributed by atoms with van der Waals surface area (Å²) in [6.45, 7) is 6.48. The molecule has 0 fully saturated rings. The molecule has 1 unspecified atom stereocenters. The fraction of sp³-hybridized carbons (Fsp3) is 0.462. The molecule has 1 rings (SSSR count). The highest BCUT2D eigenvalue weighted by Crippen LogP contribution is 2.10.